The molecule has 0 bridgehead atoms. The summed E-state index contributed by atoms with van der Waals surface area (Å²) in [5.41, 5.74) is 1.96. The summed E-state index contributed by atoms with van der Waals surface area (Å²) in [4.78, 5) is 0. The van der Waals surface area contributed by atoms with Gasteiger partial charge in [-0.2, -0.15) is 0 Å². The molecule has 0 aliphatic rings. The van der Waals surface area contributed by atoms with E-state index >= 15 is 0 Å². The molecule has 21 heavy (non-hydrogen) atoms. The Morgan fingerprint density at radius 3 is 2.71 bits per heavy atom. The summed E-state index contributed by atoms with van der Waals surface area (Å²) in [6.07, 6.45) is 0.853. The van der Waals surface area contributed by atoms with E-state index in [0.717, 1.165) is 23.3 Å². The van der Waals surface area contributed by atoms with E-state index in [-0.39, 0.29) is 11.8 Å². The second kappa shape index (κ2) is 7.34. The summed E-state index contributed by atoms with van der Waals surface area (Å²) in [5.74, 6) is 1.16. The summed E-state index contributed by atoms with van der Waals surface area (Å²) >= 11 is 5.95. The number of rotatable bonds is 6. The van der Waals surface area contributed by atoms with E-state index in [1.807, 2.05) is 18.2 Å². The van der Waals surface area contributed by atoms with Crippen LogP contribution in [0.2, 0.25) is 5.02 Å². The number of para-hydroxylation sites is 1. The second-order valence-corrected chi connectivity index (χ2v) is 5.51. The fraction of sp³-hybridized carbons (Fsp3) is 0.294. The first kappa shape index (κ1) is 15.7. The predicted octanol–water partition coefficient (Wildman–Crippen LogP) is 3.78. The van der Waals surface area contributed by atoms with Crippen molar-refractivity contribution in [1.82, 2.24) is 5.32 Å². The maximum atomic E-state index is 9.80. The van der Waals surface area contributed by atoms with Gasteiger partial charge in [0.25, 0.3) is 0 Å². The average molecular weight is 306 g/mol. The Morgan fingerprint density at radius 2 is 1.95 bits per heavy atom. The second-order valence-electron chi connectivity index (χ2n) is 5.07. The van der Waals surface area contributed by atoms with Crippen molar-refractivity contribution in [2.75, 3.05) is 7.11 Å². The van der Waals surface area contributed by atoms with Gasteiger partial charge in [0.1, 0.15) is 11.5 Å². The van der Waals surface area contributed by atoms with Crippen LogP contribution >= 0.6 is 11.6 Å². The number of methoxy groups -OCH3 is 1. The molecule has 0 saturated carbocycles. The van der Waals surface area contributed by atoms with E-state index in [1.54, 1.807) is 25.3 Å². The third-order valence-electron chi connectivity index (χ3n) is 3.40. The van der Waals surface area contributed by atoms with E-state index in [2.05, 4.69) is 18.3 Å². The molecule has 2 rings (SSSR count). The molecule has 4 heteroatoms. The molecule has 0 radical (unpaired) electrons. The fourth-order valence-electron chi connectivity index (χ4n) is 2.25. The molecule has 2 aromatic carbocycles. The van der Waals surface area contributed by atoms with Crippen molar-refractivity contribution in [2.45, 2.75) is 25.9 Å². The highest BCUT2D eigenvalue weighted by Gasteiger charge is 2.09. The molecular formula is C17H20ClNO2. The van der Waals surface area contributed by atoms with E-state index in [1.165, 1.54) is 0 Å². The Balaban J connectivity index is 1.96. The average Bonchev–Trinajstić information content (AvgIpc) is 2.49. The number of ether oxygens (including phenoxy) is 1. The molecule has 0 spiro atoms. The standard InChI is InChI=1S/C17H20ClNO2/c1-12(9-13-5-3-4-6-17(13)21-2)19-11-14-10-15(18)7-8-16(14)20/h3-8,10,12,19-20H,9,11H2,1-2H3. The van der Waals surface area contributed by atoms with Crippen molar-refractivity contribution in [3.8, 4) is 11.5 Å². The van der Waals surface area contributed by atoms with Crippen LogP contribution in [0.15, 0.2) is 42.5 Å². The van der Waals surface area contributed by atoms with Crippen LogP contribution in [0.1, 0.15) is 18.1 Å². The Bertz CT molecular complexity index is 601. The Kier molecular flexibility index (Phi) is 5.48. The minimum atomic E-state index is 0.250. The third kappa shape index (κ3) is 4.38. The predicted molar refractivity (Wildman–Crippen MR) is 86.1 cm³/mol. The molecule has 112 valence electrons. The highest BCUT2D eigenvalue weighted by molar-refractivity contribution is 6.30. The van der Waals surface area contributed by atoms with Crippen LogP contribution in [-0.2, 0) is 13.0 Å². The van der Waals surface area contributed by atoms with Crippen molar-refractivity contribution in [3.05, 3.63) is 58.6 Å². The van der Waals surface area contributed by atoms with Gasteiger partial charge in [0, 0.05) is 23.2 Å². The first-order valence-electron chi connectivity index (χ1n) is 6.93. The molecule has 0 saturated heterocycles. The van der Waals surface area contributed by atoms with Gasteiger partial charge in [0.15, 0.2) is 0 Å². The quantitative estimate of drug-likeness (QED) is 0.853. The van der Waals surface area contributed by atoms with Gasteiger partial charge in [0.05, 0.1) is 7.11 Å². The van der Waals surface area contributed by atoms with E-state index in [0.29, 0.717) is 11.6 Å². The van der Waals surface area contributed by atoms with Crippen LogP contribution in [0.5, 0.6) is 11.5 Å². The number of hydrogen-bond acceptors (Lipinski definition) is 3. The highest BCUT2D eigenvalue weighted by atomic mass is 35.5. The zero-order chi connectivity index (χ0) is 15.2. The number of aromatic hydroxyl groups is 1. The number of benzene rings is 2. The van der Waals surface area contributed by atoms with Gasteiger partial charge < -0.3 is 15.2 Å². The normalized spacial score (nSPS) is 12.1. The van der Waals surface area contributed by atoms with Gasteiger partial charge in [-0.15, -0.1) is 0 Å². The SMILES string of the molecule is COc1ccccc1CC(C)NCc1cc(Cl)ccc1O. The monoisotopic (exact) mass is 305 g/mol. The lowest BCUT2D eigenvalue weighted by molar-refractivity contribution is 0.405. The van der Waals surface area contributed by atoms with Crippen molar-refractivity contribution in [1.29, 1.82) is 0 Å². The smallest absolute Gasteiger partial charge is 0.122 e. The Hall–Kier alpha value is -1.71. The first-order chi connectivity index (χ1) is 10.1. The molecule has 0 aromatic heterocycles. The van der Waals surface area contributed by atoms with E-state index in [9.17, 15) is 5.11 Å². The van der Waals surface area contributed by atoms with Gasteiger partial charge in [-0.1, -0.05) is 29.8 Å². The summed E-state index contributed by atoms with van der Waals surface area (Å²) in [6, 6.07) is 13.3. The van der Waals surface area contributed by atoms with Crippen LogP contribution in [0, 0.1) is 0 Å². The van der Waals surface area contributed by atoms with Gasteiger partial charge in [0.2, 0.25) is 0 Å². The molecule has 0 amide bonds. The summed E-state index contributed by atoms with van der Waals surface area (Å²) < 4.78 is 5.36. The number of halogens is 1. The number of phenols is 1. The van der Waals surface area contributed by atoms with Crippen molar-refractivity contribution < 1.29 is 9.84 Å². The molecule has 0 fully saturated rings. The van der Waals surface area contributed by atoms with Gasteiger partial charge in [-0.25, -0.2) is 0 Å². The lowest BCUT2D eigenvalue weighted by atomic mass is 10.1. The summed E-state index contributed by atoms with van der Waals surface area (Å²) in [6.45, 7) is 2.68. The number of phenolic OH excluding ortho intramolecular Hbond substituents is 1. The maximum absolute atomic E-state index is 9.80. The Morgan fingerprint density at radius 1 is 1.19 bits per heavy atom. The van der Waals surface area contributed by atoms with Crippen molar-refractivity contribution in [2.24, 2.45) is 0 Å². The molecule has 2 N–H and O–H groups in total. The lowest BCUT2D eigenvalue weighted by Crippen LogP contribution is -2.27. The Labute approximate surface area is 130 Å². The lowest BCUT2D eigenvalue weighted by Gasteiger charge is -2.16. The van der Waals surface area contributed by atoms with Crippen LogP contribution in [0.3, 0.4) is 0 Å². The number of hydrogen-bond donors (Lipinski definition) is 2. The highest BCUT2D eigenvalue weighted by Crippen LogP contribution is 2.22. The molecule has 1 unspecified atom stereocenters. The zero-order valence-corrected chi connectivity index (χ0v) is 13.0. The van der Waals surface area contributed by atoms with Gasteiger partial charge >= 0.3 is 0 Å². The molecule has 2 aromatic rings. The molecule has 0 heterocycles. The molecule has 1 atom stereocenters. The van der Waals surface area contributed by atoms with Gasteiger partial charge in [-0.05, 0) is 43.2 Å². The number of nitrogens with one attached hydrogen (secondary N) is 1. The maximum Gasteiger partial charge on any atom is 0.122 e. The largest absolute Gasteiger partial charge is 0.508 e. The summed E-state index contributed by atoms with van der Waals surface area (Å²) in [5, 5.41) is 13.8. The zero-order valence-electron chi connectivity index (χ0n) is 12.3. The molecule has 3 nitrogen and oxygen atoms in total. The van der Waals surface area contributed by atoms with Crippen LogP contribution in [-0.4, -0.2) is 18.3 Å². The van der Waals surface area contributed by atoms with E-state index in [4.69, 9.17) is 16.3 Å². The topological polar surface area (TPSA) is 41.5 Å². The van der Waals surface area contributed by atoms with Crippen LogP contribution < -0.4 is 10.1 Å². The van der Waals surface area contributed by atoms with Gasteiger partial charge in [-0.3, -0.25) is 0 Å². The third-order valence-corrected chi connectivity index (χ3v) is 3.64. The van der Waals surface area contributed by atoms with E-state index < -0.39 is 0 Å². The summed E-state index contributed by atoms with van der Waals surface area (Å²) in [7, 11) is 1.68. The van der Waals surface area contributed by atoms with Crippen LogP contribution in [0.25, 0.3) is 0 Å². The minimum Gasteiger partial charge on any atom is -0.508 e. The molecular weight excluding hydrogens is 286 g/mol. The molecule has 0 aliphatic heterocycles. The van der Waals surface area contributed by atoms with Crippen LogP contribution in [0.4, 0.5) is 0 Å². The fourth-order valence-corrected chi connectivity index (χ4v) is 2.45. The minimum absolute atomic E-state index is 0.250. The molecule has 0 aliphatic carbocycles. The van der Waals surface area contributed by atoms with Crippen molar-refractivity contribution >= 4 is 11.6 Å². The van der Waals surface area contributed by atoms with Crippen molar-refractivity contribution in [3.63, 3.8) is 0 Å². The first-order valence-corrected chi connectivity index (χ1v) is 7.30.